The molecule has 1 aliphatic heterocycles. The number of ether oxygens (including phenoxy) is 1. The van der Waals surface area contributed by atoms with Crippen LogP contribution in [0.2, 0.25) is 0 Å². The van der Waals surface area contributed by atoms with Gasteiger partial charge >= 0.3 is 0 Å². The van der Waals surface area contributed by atoms with Crippen molar-refractivity contribution >= 4 is 24.2 Å². The number of aromatic nitrogens is 1. The summed E-state index contributed by atoms with van der Waals surface area (Å²) in [4.78, 5) is 40.9. The summed E-state index contributed by atoms with van der Waals surface area (Å²) in [7, 11) is 0. The van der Waals surface area contributed by atoms with Crippen LogP contribution in [0.1, 0.15) is 58.7 Å². The van der Waals surface area contributed by atoms with Crippen molar-refractivity contribution in [2.45, 2.75) is 57.5 Å². The third-order valence-corrected chi connectivity index (χ3v) is 7.49. The first kappa shape index (κ1) is 29.2. The number of rotatable bonds is 7. The van der Waals surface area contributed by atoms with Crippen molar-refractivity contribution in [1.82, 2.24) is 14.8 Å². The van der Waals surface area contributed by atoms with Crippen molar-refractivity contribution in [3.05, 3.63) is 99.0 Å². The summed E-state index contributed by atoms with van der Waals surface area (Å²) in [5.41, 5.74) is -1.16. The van der Waals surface area contributed by atoms with E-state index in [4.69, 9.17) is 4.74 Å². The Bertz CT molecular complexity index is 1490. The molecule has 0 atom stereocenters. The molecular formula is C29H30ClF2N3O5. The maximum absolute atomic E-state index is 14.0. The molecule has 11 heteroatoms. The van der Waals surface area contributed by atoms with Gasteiger partial charge in [0.1, 0.15) is 17.2 Å². The molecule has 1 aromatic heterocycles. The van der Waals surface area contributed by atoms with E-state index < -0.39 is 40.2 Å². The van der Waals surface area contributed by atoms with E-state index in [9.17, 15) is 28.3 Å². The smallest absolute Gasteiger partial charge is 0.274 e. The van der Waals surface area contributed by atoms with Gasteiger partial charge in [0.15, 0.2) is 11.4 Å². The van der Waals surface area contributed by atoms with Gasteiger partial charge in [0.25, 0.3) is 11.8 Å². The highest BCUT2D eigenvalue weighted by Crippen LogP contribution is 2.46. The Morgan fingerprint density at radius 1 is 1.15 bits per heavy atom. The second kappa shape index (κ2) is 11.4. The van der Waals surface area contributed by atoms with Crippen LogP contribution in [-0.4, -0.2) is 45.1 Å². The van der Waals surface area contributed by atoms with Crippen LogP contribution in [0, 0.1) is 11.6 Å². The van der Waals surface area contributed by atoms with Gasteiger partial charge in [-0.2, -0.15) is 0 Å². The number of nitrogens with zero attached hydrogens (tertiary/aromatic N) is 2. The van der Waals surface area contributed by atoms with Gasteiger partial charge in [0.2, 0.25) is 5.43 Å². The second-order valence-corrected chi connectivity index (χ2v) is 10.4. The topological polar surface area (TPSA) is 101 Å². The van der Waals surface area contributed by atoms with E-state index in [2.05, 4.69) is 5.32 Å². The molecule has 5 rings (SSSR count). The van der Waals surface area contributed by atoms with E-state index in [-0.39, 0.29) is 47.9 Å². The summed E-state index contributed by atoms with van der Waals surface area (Å²) in [5, 5.41) is 13.3. The summed E-state index contributed by atoms with van der Waals surface area (Å²) in [6.45, 7) is 4.16. The van der Waals surface area contributed by atoms with Gasteiger partial charge in [-0.05, 0) is 38.3 Å². The lowest BCUT2D eigenvalue weighted by Crippen LogP contribution is -2.63. The Kier molecular flexibility index (Phi) is 8.32. The van der Waals surface area contributed by atoms with Crippen LogP contribution in [0.25, 0.3) is 0 Å². The first-order valence-electron chi connectivity index (χ1n) is 12.8. The minimum atomic E-state index is -0.997. The average molecular weight is 574 g/mol. The minimum absolute atomic E-state index is 0. The van der Waals surface area contributed by atoms with Gasteiger partial charge in [-0.1, -0.05) is 36.4 Å². The molecule has 3 aromatic rings. The maximum atomic E-state index is 14.0. The number of pyridine rings is 1. The molecule has 0 radical (unpaired) electrons. The summed E-state index contributed by atoms with van der Waals surface area (Å²) < 4.78 is 34.9. The van der Waals surface area contributed by atoms with Crippen LogP contribution in [0.15, 0.2) is 59.5 Å². The molecule has 1 fully saturated rings. The lowest BCUT2D eigenvalue weighted by atomic mass is 9.71. The zero-order valence-corrected chi connectivity index (χ0v) is 22.8. The van der Waals surface area contributed by atoms with E-state index in [1.165, 1.54) is 12.3 Å². The van der Waals surface area contributed by atoms with Gasteiger partial charge in [-0.15, -0.1) is 12.4 Å². The number of carbonyl (C=O) groups is 2. The molecule has 212 valence electrons. The SMILES string of the molecule is CC(C)N1CC2(CC(OCc3ccccc3)C2)n2cc(C(=O)NCc3ccc(F)cc3F)c(=O)c(O)c2C1=O.Cl. The largest absolute Gasteiger partial charge is 0.503 e. The van der Waals surface area contributed by atoms with Crippen molar-refractivity contribution in [2.75, 3.05) is 6.54 Å². The maximum Gasteiger partial charge on any atom is 0.274 e. The molecule has 1 aliphatic carbocycles. The van der Waals surface area contributed by atoms with E-state index in [1.807, 2.05) is 44.2 Å². The molecule has 0 bridgehead atoms. The predicted molar refractivity (Wildman–Crippen MR) is 146 cm³/mol. The number of hydrogen-bond donors (Lipinski definition) is 2. The highest BCUT2D eigenvalue weighted by Gasteiger charge is 2.53. The Balaban J connectivity index is 0.00000370. The molecule has 0 unspecified atom stereocenters. The minimum Gasteiger partial charge on any atom is -0.503 e. The molecular weight excluding hydrogens is 544 g/mol. The number of benzene rings is 2. The number of amides is 2. The molecule has 8 nitrogen and oxygen atoms in total. The molecule has 2 amide bonds. The van der Waals surface area contributed by atoms with Crippen molar-refractivity contribution in [2.24, 2.45) is 0 Å². The lowest BCUT2D eigenvalue weighted by molar-refractivity contribution is -0.0969. The first-order chi connectivity index (χ1) is 18.6. The molecule has 0 saturated heterocycles. The van der Waals surface area contributed by atoms with Gasteiger partial charge < -0.3 is 24.6 Å². The number of carbonyl (C=O) groups excluding carboxylic acids is 2. The third-order valence-electron chi connectivity index (χ3n) is 7.49. The molecule has 1 saturated carbocycles. The number of fused-ring (bicyclic) bond motifs is 2. The van der Waals surface area contributed by atoms with Gasteiger partial charge in [0.05, 0.1) is 18.2 Å². The van der Waals surface area contributed by atoms with Crippen LogP contribution in [-0.2, 0) is 23.4 Å². The Hall–Kier alpha value is -3.76. The van der Waals surface area contributed by atoms with E-state index in [0.717, 1.165) is 11.6 Å². The van der Waals surface area contributed by atoms with E-state index in [0.29, 0.717) is 32.1 Å². The molecule has 2 N–H and O–H groups in total. The molecule has 2 aliphatic rings. The molecule has 2 heterocycles. The van der Waals surface area contributed by atoms with Crippen molar-refractivity contribution < 1.29 is 28.2 Å². The Labute approximate surface area is 236 Å². The van der Waals surface area contributed by atoms with Crippen LogP contribution < -0.4 is 10.7 Å². The fourth-order valence-electron chi connectivity index (χ4n) is 5.32. The fraction of sp³-hybridized carbons (Fsp3) is 0.345. The average Bonchev–Trinajstić information content (AvgIpc) is 2.88. The second-order valence-electron chi connectivity index (χ2n) is 10.4. The quantitative estimate of drug-likeness (QED) is 0.443. The molecule has 1 spiro atoms. The highest BCUT2D eigenvalue weighted by molar-refractivity contribution is 5.99. The number of halogens is 3. The predicted octanol–water partition coefficient (Wildman–Crippen LogP) is 4.12. The normalized spacial score (nSPS) is 19.7. The van der Waals surface area contributed by atoms with E-state index >= 15 is 0 Å². The summed E-state index contributed by atoms with van der Waals surface area (Å²) >= 11 is 0. The highest BCUT2D eigenvalue weighted by atomic mass is 35.5. The lowest BCUT2D eigenvalue weighted by Gasteiger charge is -2.55. The molecule has 2 aromatic carbocycles. The standard InChI is InChI=1S/C29H29F2N3O5.ClH/c1-17(2)33-16-29(11-21(12-29)39-15-18-6-4-3-5-7-18)34-14-22(25(35)26(36)24(34)28(33)38)27(37)32-13-19-8-9-20(30)10-23(19)31;/h3-10,14,17,21,36H,11-13,15-16H2,1-2H3,(H,32,37);1H. The Morgan fingerprint density at radius 2 is 1.85 bits per heavy atom. The van der Waals surface area contributed by atoms with E-state index in [1.54, 1.807) is 9.47 Å². The monoisotopic (exact) mass is 573 g/mol. The Morgan fingerprint density at radius 3 is 2.50 bits per heavy atom. The first-order valence-corrected chi connectivity index (χ1v) is 12.8. The van der Waals surface area contributed by atoms with Crippen molar-refractivity contribution in [3.63, 3.8) is 0 Å². The van der Waals surface area contributed by atoms with Gasteiger partial charge in [-0.3, -0.25) is 14.4 Å². The van der Waals surface area contributed by atoms with Gasteiger partial charge in [-0.25, -0.2) is 8.78 Å². The summed E-state index contributed by atoms with van der Waals surface area (Å²) in [6, 6.07) is 12.5. The number of aromatic hydroxyl groups is 1. The van der Waals surface area contributed by atoms with Crippen LogP contribution in [0.5, 0.6) is 5.75 Å². The zero-order valence-electron chi connectivity index (χ0n) is 22.0. The van der Waals surface area contributed by atoms with Crippen LogP contribution >= 0.6 is 12.4 Å². The third kappa shape index (κ3) is 5.33. The molecule has 40 heavy (non-hydrogen) atoms. The fourth-order valence-corrected chi connectivity index (χ4v) is 5.32. The number of hydrogen-bond acceptors (Lipinski definition) is 5. The van der Waals surface area contributed by atoms with Crippen LogP contribution in [0.4, 0.5) is 8.78 Å². The van der Waals surface area contributed by atoms with Crippen molar-refractivity contribution in [3.8, 4) is 5.75 Å². The number of nitrogens with one attached hydrogen (secondary N) is 1. The van der Waals surface area contributed by atoms with Crippen molar-refractivity contribution in [1.29, 1.82) is 0 Å². The summed E-state index contributed by atoms with van der Waals surface area (Å²) in [5.74, 6) is -3.75. The van der Waals surface area contributed by atoms with Crippen LogP contribution in [0.3, 0.4) is 0 Å². The van der Waals surface area contributed by atoms with Gasteiger partial charge in [0, 0.05) is 37.0 Å². The zero-order chi connectivity index (χ0) is 27.9. The summed E-state index contributed by atoms with van der Waals surface area (Å²) in [6.07, 6.45) is 2.19.